The van der Waals surface area contributed by atoms with Crippen molar-refractivity contribution in [2.75, 3.05) is 36.0 Å². The van der Waals surface area contributed by atoms with Crippen LogP contribution in [0.25, 0.3) is 0 Å². The van der Waals surface area contributed by atoms with E-state index in [1.54, 1.807) is 11.3 Å². The highest BCUT2D eigenvalue weighted by atomic mass is 35.5. The van der Waals surface area contributed by atoms with Gasteiger partial charge in [0.1, 0.15) is 16.6 Å². The van der Waals surface area contributed by atoms with Crippen molar-refractivity contribution in [1.82, 2.24) is 20.2 Å². The molecule has 3 heterocycles. The monoisotopic (exact) mass is 482 g/mol. The van der Waals surface area contributed by atoms with Crippen molar-refractivity contribution < 1.29 is 0 Å². The second-order valence-electron chi connectivity index (χ2n) is 9.19. The Morgan fingerprint density at radius 2 is 1.61 bits per heavy atom. The molecule has 6 nitrogen and oxygen atoms in total. The molecule has 2 aromatic heterocycles. The SMILES string of the molecule is Cc1nc(C)c(Cc2ccc(Cl)cc2)c(N2CCN(c3nnc(C4CCCCC4)s3)CC2)n1. The summed E-state index contributed by atoms with van der Waals surface area (Å²) < 4.78 is 0. The van der Waals surface area contributed by atoms with Gasteiger partial charge >= 0.3 is 0 Å². The average molecular weight is 483 g/mol. The topological polar surface area (TPSA) is 58.0 Å². The lowest BCUT2D eigenvalue weighted by Crippen LogP contribution is -2.47. The maximum atomic E-state index is 6.08. The Morgan fingerprint density at radius 1 is 0.909 bits per heavy atom. The number of anilines is 2. The Bertz CT molecular complexity index is 1080. The molecule has 1 saturated heterocycles. The number of hydrogen-bond acceptors (Lipinski definition) is 7. The molecule has 0 bridgehead atoms. The number of aromatic nitrogens is 4. The summed E-state index contributed by atoms with van der Waals surface area (Å²) in [7, 11) is 0. The van der Waals surface area contributed by atoms with Crippen LogP contribution in [0.3, 0.4) is 0 Å². The molecule has 0 atom stereocenters. The van der Waals surface area contributed by atoms with Crippen LogP contribution >= 0.6 is 22.9 Å². The van der Waals surface area contributed by atoms with Gasteiger partial charge in [0.25, 0.3) is 0 Å². The first-order valence-electron chi connectivity index (χ1n) is 12.0. The van der Waals surface area contributed by atoms with Gasteiger partial charge in [-0.15, -0.1) is 10.2 Å². The van der Waals surface area contributed by atoms with Crippen LogP contribution in [0.4, 0.5) is 10.9 Å². The zero-order valence-electron chi connectivity index (χ0n) is 19.4. The van der Waals surface area contributed by atoms with Crippen LogP contribution in [0.5, 0.6) is 0 Å². The van der Waals surface area contributed by atoms with Gasteiger partial charge in [0.2, 0.25) is 5.13 Å². The van der Waals surface area contributed by atoms with Gasteiger partial charge in [-0.2, -0.15) is 0 Å². The van der Waals surface area contributed by atoms with Crippen molar-refractivity contribution in [1.29, 1.82) is 0 Å². The highest BCUT2D eigenvalue weighted by molar-refractivity contribution is 7.15. The number of nitrogens with zero attached hydrogens (tertiary/aromatic N) is 6. The van der Waals surface area contributed by atoms with Crippen molar-refractivity contribution in [3.63, 3.8) is 0 Å². The van der Waals surface area contributed by atoms with E-state index in [0.717, 1.165) is 60.1 Å². The summed E-state index contributed by atoms with van der Waals surface area (Å²) in [6.07, 6.45) is 7.37. The maximum absolute atomic E-state index is 6.08. The van der Waals surface area contributed by atoms with E-state index in [0.29, 0.717) is 5.92 Å². The van der Waals surface area contributed by atoms with E-state index in [4.69, 9.17) is 16.6 Å². The van der Waals surface area contributed by atoms with Crippen molar-refractivity contribution in [3.05, 3.63) is 56.9 Å². The van der Waals surface area contributed by atoms with E-state index in [2.05, 4.69) is 44.0 Å². The van der Waals surface area contributed by atoms with Gasteiger partial charge in [-0.05, 0) is 44.4 Å². The van der Waals surface area contributed by atoms with Gasteiger partial charge < -0.3 is 9.80 Å². The van der Waals surface area contributed by atoms with Crippen LogP contribution in [0, 0.1) is 13.8 Å². The fourth-order valence-electron chi connectivity index (χ4n) is 4.97. The molecule has 8 heteroatoms. The largest absolute Gasteiger partial charge is 0.353 e. The first kappa shape index (κ1) is 22.5. The zero-order valence-corrected chi connectivity index (χ0v) is 21.0. The molecule has 0 amide bonds. The fraction of sp³-hybridized carbons (Fsp3) is 0.520. The van der Waals surface area contributed by atoms with E-state index in [1.165, 1.54) is 48.2 Å². The van der Waals surface area contributed by atoms with E-state index in [-0.39, 0.29) is 0 Å². The smallest absolute Gasteiger partial charge is 0.208 e. The lowest BCUT2D eigenvalue weighted by atomic mass is 9.90. The van der Waals surface area contributed by atoms with Crippen LogP contribution < -0.4 is 9.80 Å². The molecule has 1 saturated carbocycles. The minimum Gasteiger partial charge on any atom is -0.353 e. The summed E-state index contributed by atoms with van der Waals surface area (Å²) in [6.45, 7) is 7.77. The quantitative estimate of drug-likeness (QED) is 0.474. The molecule has 1 aromatic carbocycles. The molecule has 0 spiro atoms. The van der Waals surface area contributed by atoms with E-state index < -0.39 is 0 Å². The average Bonchev–Trinajstić information content (AvgIpc) is 3.33. The van der Waals surface area contributed by atoms with Crippen LogP contribution in [-0.2, 0) is 6.42 Å². The fourth-order valence-corrected chi connectivity index (χ4v) is 6.16. The predicted molar refractivity (Wildman–Crippen MR) is 136 cm³/mol. The third-order valence-electron chi connectivity index (χ3n) is 6.83. The molecule has 5 rings (SSSR count). The summed E-state index contributed by atoms with van der Waals surface area (Å²) >= 11 is 7.89. The minimum atomic E-state index is 0.619. The molecule has 3 aromatic rings. The Morgan fingerprint density at radius 3 is 2.33 bits per heavy atom. The van der Waals surface area contributed by atoms with Crippen LogP contribution in [0.1, 0.15) is 65.7 Å². The van der Waals surface area contributed by atoms with Crippen LogP contribution in [-0.4, -0.2) is 46.3 Å². The van der Waals surface area contributed by atoms with Crippen LogP contribution in [0.2, 0.25) is 5.02 Å². The first-order valence-corrected chi connectivity index (χ1v) is 13.2. The molecule has 0 radical (unpaired) electrons. The minimum absolute atomic E-state index is 0.619. The summed E-state index contributed by atoms with van der Waals surface area (Å²) in [4.78, 5) is 14.3. The Balaban J connectivity index is 1.30. The van der Waals surface area contributed by atoms with Crippen molar-refractivity contribution >= 4 is 33.9 Å². The summed E-state index contributed by atoms with van der Waals surface area (Å²) in [5, 5.41) is 12.2. The standard InChI is InChI=1S/C25H31ClN6S/c1-17-22(16-19-8-10-21(26)11-9-19)23(28-18(2)27-17)31-12-14-32(15-13-31)25-30-29-24(33-25)20-6-4-3-5-7-20/h8-11,20H,3-7,12-16H2,1-2H3. The molecule has 2 aliphatic rings. The number of benzene rings is 1. The van der Waals surface area contributed by atoms with Crippen molar-refractivity contribution in [2.24, 2.45) is 0 Å². The van der Waals surface area contributed by atoms with E-state index in [1.807, 2.05) is 19.1 Å². The summed E-state index contributed by atoms with van der Waals surface area (Å²) in [5.74, 6) is 2.51. The number of rotatable bonds is 5. The second-order valence-corrected chi connectivity index (χ2v) is 10.6. The van der Waals surface area contributed by atoms with Crippen LogP contribution in [0.15, 0.2) is 24.3 Å². The van der Waals surface area contributed by atoms with Crippen molar-refractivity contribution in [3.8, 4) is 0 Å². The van der Waals surface area contributed by atoms with Gasteiger partial charge in [-0.25, -0.2) is 9.97 Å². The highest BCUT2D eigenvalue weighted by Crippen LogP contribution is 2.36. The van der Waals surface area contributed by atoms with Gasteiger partial charge in [0, 0.05) is 54.8 Å². The third kappa shape index (κ3) is 5.14. The molecular weight excluding hydrogens is 452 g/mol. The number of hydrogen-bond donors (Lipinski definition) is 0. The molecular formula is C25H31ClN6S. The molecule has 0 N–H and O–H groups in total. The predicted octanol–water partition coefficient (Wildman–Crippen LogP) is 5.56. The van der Waals surface area contributed by atoms with Gasteiger partial charge in [-0.1, -0.05) is 54.3 Å². The second kappa shape index (κ2) is 9.94. The molecule has 0 unspecified atom stereocenters. The van der Waals surface area contributed by atoms with Gasteiger partial charge in [0.15, 0.2) is 0 Å². The van der Waals surface area contributed by atoms with Crippen molar-refractivity contribution in [2.45, 2.75) is 58.3 Å². The molecule has 1 aliphatic carbocycles. The molecule has 1 aliphatic heterocycles. The Hall–Kier alpha value is -2.25. The number of aryl methyl sites for hydroxylation is 2. The highest BCUT2D eigenvalue weighted by Gasteiger charge is 2.26. The Labute approximate surface area is 205 Å². The molecule has 2 fully saturated rings. The zero-order chi connectivity index (χ0) is 22.8. The van der Waals surface area contributed by atoms with E-state index in [9.17, 15) is 0 Å². The Kier molecular flexibility index (Phi) is 6.79. The third-order valence-corrected chi connectivity index (χ3v) is 8.23. The number of halogens is 1. The maximum Gasteiger partial charge on any atom is 0.208 e. The first-order chi connectivity index (χ1) is 16.1. The van der Waals surface area contributed by atoms with E-state index >= 15 is 0 Å². The number of piperazine rings is 1. The van der Waals surface area contributed by atoms with Gasteiger partial charge in [0.05, 0.1) is 0 Å². The molecule has 174 valence electrons. The normalized spacial score (nSPS) is 17.5. The lowest BCUT2D eigenvalue weighted by molar-refractivity contribution is 0.440. The van der Waals surface area contributed by atoms with Gasteiger partial charge in [-0.3, -0.25) is 0 Å². The molecule has 33 heavy (non-hydrogen) atoms. The lowest BCUT2D eigenvalue weighted by Gasteiger charge is -2.36. The summed E-state index contributed by atoms with van der Waals surface area (Å²) in [5.41, 5.74) is 3.47. The summed E-state index contributed by atoms with van der Waals surface area (Å²) in [6, 6.07) is 8.07.